The topological polar surface area (TPSA) is 55.6 Å². The van der Waals surface area contributed by atoms with Gasteiger partial charge in [-0.1, -0.05) is 0 Å². The fourth-order valence-corrected chi connectivity index (χ4v) is 1.29. The lowest BCUT2D eigenvalue weighted by Crippen LogP contribution is -2.35. The third-order valence-electron chi connectivity index (χ3n) is 1.91. The predicted octanol–water partition coefficient (Wildman–Crippen LogP) is -0.502. The average molecular weight is 144 g/mol. The Morgan fingerprint density at radius 1 is 1.80 bits per heavy atom. The SMILES string of the molecule is CN1CCCC1C(=O)ON. The van der Waals surface area contributed by atoms with Gasteiger partial charge >= 0.3 is 5.97 Å². The van der Waals surface area contributed by atoms with Crippen LogP contribution in [0.4, 0.5) is 0 Å². The average Bonchev–Trinajstić information content (AvgIpc) is 2.34. The van der Waals surface area contributed by atoms with Gasteiger partial charge < -0.3 is 4.84 Å². The predicted molar refractivity (Wildman–Crippen MR) is 35.9 cm³/mol. The van der Waals surface area contributed by atoms with E-state index in [0.717, 1.165) is 19.4 Å². The Morgan fingerprint density at radius 2 is 2.50 bits per heavy atom. The second-order valence-corrected chi connectivity index (χ2v) is 2.58. The zero-order chi connectivity index (χ0) is 7.56. The summed E-state index contributed by atoms with van der Waals surface area (Å²) >= 11 is 0. The van der Waals surface area contributed by atoms with Gasteiger partial charge in [-0.25, -0.2) is 4.79 Å². The molecule has 0 radical (unpaired) electrons. The van der Waals surface area contributed by atoms with Crippen LogP contribution in [-0.2, 0) is 9.63 Å². The molecule has 10 heavy (non-hydrogen) atoms. The molecule has 0 bridgehead atoms. The Bertz CT molecular complexity index is 138. The van der Waals surface area contributed by atoms with Crippen molar-refractivity contribution in [2.75, 3.05) is 13.6 Å². The Morgan fingerprint density at radius 3 is 2.90 bits per heavy atom. The highest BCUT2D eigenvalue weighted by Gasteiger charge is 2.28. The van der Waals surface area contributed by atoms with E-state index in [1.807, 2.05) is 11.9 Å². The van der Waals surface area contributed by atoms with E-state index in [0.29, 0.717) is 0 Å². The van der Waals surface area contributed by atoms with E-state index in [9.17, 15) is 4.79 Å². The number of nitrogens with two attached hydrogens (primary N) is 1. The van der Waals surface area contributed by atoms with Crippen molar-refractivity contribution in [3.8, 4) is 0 Å². The van der Waals surface area contributed by atoms with E-state index in [1.165, 1.54) is 0 Å². The van der Waals surface area contributed by atoms with Crippen LogP contribution in [0.15, 0.2) is 0 Å². The van der Waals surface area contributed by atoms with Crippen molar-refractivity contribution in [3.63, 3.8) is 0 Å². The lowest BCUT2D eigenvalue weighted by atomic mass is 10.2. The quantitative estimate of drug-likeness (QED) is 0.504. The Labute approximate surface area is 59.9 Å². The van der Waals surface area contributed by atoms with Crippen molar-refractivity contribution in [1.82, 2.24) is 4.90 Å². The van der Waals surface area contributed by atoms with Crippen LogP contribution >= 0.6 is 0 Å². The number of carbonyl (C=O) groups is 1. The van der Waals surface area contributed by atoms with Crippen molar-refractivity contribution in [1.29, 1.82) is 0 Å². The largest absolute Gasteiger partial charge is 0.372 e. The van der Waals surface area contributed by atoms with Gasteiger partial charge in [-0.2, -0.15) is 5.90 Å². The lowest BCUT2D eigenvalue weighted by molar-refractivity contribution is -0.149. The Kier molecular flexibility index (Phi) is 2.24. The summed E-state index contributed by atoms with van der Waals surface area (Å²) in [4.78, 5) is 16.9. The van der Waals surface area contributed by atoms with Crippen molar-refractivity contribution >= 4 is 5.97 Å². The third-order valence-corrected chi connectivity index (χ3v) is 1.91. The molecule has 0 saturated carbocycles. The summed E-state index contributed by atoms with van der Waals surface area (Å²) in [5, 5.41) is 0. The highest BCUT2D eigenvalue weighted by Crippen LogP contribution is 2.14. The fraction of sp³-hybridized carbons (Fsp3) is 0.833. The van der Waals surface area contributed by atoms with E-state index in [-0.39, 0.29) is 12.0 Å². The van der Waals surface area contributed by atoms with Crippen LogP contribution < -0.4 is 5.90 Å². The second-order valence-electron chi connectivity index (χ2n) is 2.58. The highest BCUT2D eigenvalue weighted by atomic mass is 16.7. The second kappa shape index (κ2) is 2.98. The van der Waals surface area contributed by atoms with Gasteiger partial charge in [0.1, 0.15) is 6.04 Å². The molecule has 1 aliphatic heterocycles. The summed E-state index contributed by atoms with van der Waals surface area (Å²) in [5.41, 5.74) is 0. The molecule has 1 heterocycles. The number of nitrogens with zero attached hydrogens (tertiary/aromatic N) is 1. The summed E-state index contributed by atoms with van der Waals surface area (Å²) in [6, 6.07) is -0.106. The summed E-state index contributed by atoms with van der Waals surface area (Å²) in [5.74, 6) is 4.42. The molecule has 1 aliphatic rings. The molecule has 0 amide bonds. The summed E-state index contributed by atoms with van der Waals surface area (Å²) in [6.07, 6.45) is 1.92. The van der Waals surface area contributed by atoms with Crippen LogP contribution in [0.25, 0.3) is 0 Å². The zero-order valence-electron chi connectivity index (χ0n) is 6.04. The first-order valence-corrected chi connectivity index (χ1v) is 3.36. The summed E-state index contributed by atoms with van der Waals surface area (Å²) in [6.45, 7) is 0.958. The minimum atomic E-state index is -0.319. The maximum atomic E-state index is 10.8. The standard InChI is InChI=1S/C6H12N2O2/c1-8-4-2-3-5(8)6(9)10-7/h5H,2-4,7H2,1H3. The van der Waals surface area contributed by atoms with E-state index < -0.39 is 0 Å². The van der Waals surface area contributed by atoms with Crippen LogP contribution in [0.1, 0.15) is 12.8 Å². The highest BCUT2D eigenvalue weighted by molar-refractivity contribution is 5.75. The Balaban J connectivity index is 2.46. The number of carbonyl (C=O) groups excluding carboxylic acids is 1. The smallest absolute Gasteiger partial charge is 0.341 e. The van der Waals surface area contributed by atoms with Gasteiger partial charge in [-0.05, 0) is 26.4 Å². The number of hydrogen-bond donors (Lipinski definition) is 1. The molecule has 0 aliphatic carbocycles. The molecule has 0 aromatic carbocycles. The van der Waals surface area contributed by atoms with Crippen LogP contribution in [0, 0.1) is 0 Å². The van der Waals surface area contributed by atoms with Crippen LogP contribution in [-0.4, -0.2) is 30.5 Å². The molecule has 1 unspecified atom stereocenters. The van der Waals surface area contributed by atoms with Crippen LogP contribution in [0.3, 0.4) is 0 Å². The molecule has 4 heteroatoms. The summed E-state index contributed by atoms with van der Waals surface area (Å²) in [7, 11) is 1.90. The van der Waals surface area contributed by atoms with Crippen molar-refractivity contribution in [2.24, 2.45) is 5.90 Å². The van der Waals surface area contributed by atoms with Crippen molar-refractivity contribution in [3.05, 3.63) is 0 Å². The molecule has 0 aromatic rings. The summed E-state index contributed by atoms with van der Waals surface area (Å²) < 4.78 is 0. The van der Waals surface area contributed by atoms with Crippen LogP contribution in [0.5, 0.6) is 0 Å². The Hall–Kier alpha value is -0.610. The molecule has 2 N–H and O–H groups in total. The normalized spacial score (nSPS) is 26.8. The molecular formula is C6H12N2O2. The van der Waals surface area contributed by atoms with Crippen molar-refractivity contribution < 1.29 is 9.63 Å². The van der Waals surface area contributed by atoms with Gasteiger partial charge in [0.15, 0.2) is 0 Å². The molecule has 0 spiro atoms. The van der Waals surface area contributed by atoms with Crippen LogP contribution in [0.2, 0.25) is 0 Å². The molecule has 1 fully saturated rings. The minimum Gasteiger partial charge on any atom is -0.372 e. The first kappa shape index (κ1) is 7.50. The van der Waals surface area contributed by atoms with Crippen molar-refractivity contribution in [2.45, 2.75) is 18.9 Å². The van der Waals surface area contributed by atoms with E-state index in [4.69, 9.17) is 5.90 Å². The monoisotopic (exact) mass is 144 g/mol. The van der Waals surface area contributed by atoms with Gasteiger partial charge in [-0.15, -0.1) is 0 Å². The number of likely N-dealkylation sites (tertiary alicyclic amines) is 1. The van der Waals surface area contributed by atoms with Gasteiger partial charge in [0, 0.05) is 0 Å². The van der Waals surface area contributed by atoms with E-state index in [2.05, 4.69) is 4.84 Å². The lowest BCUT2D eigenvalue weighted by Gasteiger charge is -2.15. The molecule has 4 nitrogen and oxygen atoms in total. The maximum Gasteiger partial charge on any atom is 0.341 e. The molecule has 1 rings (SSSR count). The molecule has 0 aromatic heterocycles. The zero-order valence-corrected chi connectivity index (χ0v) is 6.04. The van der Waals surface area contributed by atoms with Gasteiger partial charge in [0.25, 0.3) is 0 Å². The van der Waals surface area contributed by atoms with E-state index >= 15 is 0 Å². The third kappa shape index (κ3) is 1.27. The van der Waals surface area contributed by atoms with E-state index in [1.54, 1.807) is 0 Å². The first-order valence-electron chi connectivity index (χ1n) is 3.36. The molecule has 1 atom stereocenters. The van der Waals surface area contributed by atoms with Gasteiger partial charge in [0.2, 0.25) is 0 Å². The molecular weight excluding hydrogens is 132 g/mol. The first-order chi connectivity index (χ1) is 4.75. The fourth-order valence-electron chi connectivity index (χ4n) is 1.29. The van der Waals surface area contributed by atoms with Gasteiger partial charge in [-0.3, -0.25) is 4.90 Å². The number of rotatable bonds is 1. The van der Waals surface area contributed by atoms with Gasteiger partial charge in [0.05, 0.1) is 0 Å². The maximum absolute atomic E-state index is 10.8. The molecule has 58 valence electrons. The molecule has 1 saturated heterocycles. The number of likely N-dealkylation sites (N-methyl/N-ethyl adjacent to an activating group) is 1. The number of hydrogen-bond acceptors (Lipinski definition) is 4. The minimum absolute atomic E-state index is 0.106.